The molecule has 1 heterocycles. The second kappa shape index (κ2) is 6.87. The summed E-state index contributed by atoms with van der Waals surface area (Å²) < 4.78 is 12.9. The lowest BCUT2D eigenvalue weighted by atomic mass is 10.1. The zero-order chi connectivity index (χ0) is 18.8. The van der Waals surface area contributed by atoms with Crippen molar-refractivity contribution >= 4 is 23.5 Å². The lowest BCUT2D eigenvalue weighted by Gasteiger charge is -2.21. The van der Waals surface area contributed by atoms with Crippen LogP contribution in [0.25, 0.3) is 0 Å². The average molecular weight is 354 g/mol. The third-order valence-electron chi connectivity index (χ3n) is 4.18. The van der Waals surface area contributed by atoms with Gasteiger partial charge in [0.25, 0.3) is 11.8 Å². The minimum atomic E-state index is -1.07. The SMILES string of the molecule is CC(C(=O)NCC(=O)c1ccc(F)cc1)N1C(=O)c2ccccc2C1=O. The lowest BCUT2D eigenvalue weighted by molar-refractivity contribution is -0.124. The Kier molecular flexibility index (Phi) is 4.62. The van der Waals surface area contributed by atoms with Crippen LogP contribution in [0.15, 0.2) is 48.5 Å². The van der Waals surface area contributed by atoms with Gasteiger partial charge in [-0.25, -0.2) is 4.39 Å². The largest absolute Gasteiger partial charge is 0.347 e. The van der Waals surface area contributed by atoms with Crippen molar-refractivity contribution < 1.29 is 23.6 Å². The first-order valence-corrected chi connectivity index (χ1v) is 7.93. The van der Waals surface area contributed by atoms with Gasteiger partial charge < -0.3 is 5.32 Å². The van der Waals surface area contributed by atoms with Crippen molar-refractivity contribution in [1.29, 1.82) is 0 Å². The summed E-state index contributed by atoms with van der Waals surface area (Å²) >= 11 is 0. The fourth-order valence-electron chi connectivity index (χ4n) is 2.73. The molecule has 0 aliphatic carbocycles. The number of nitrogens with one attached hydrogen (secondary N) is 1. The van der Waals surface area contributed by atoms with Crippen LogP contribution in [0.2, 0.25) is 0 Å². The summed E-state index contributed by atoms with van der Waals surface area (Å²) in [7, 11) is 0. The first-order chi connectivity index (χ1) is 12.4. The maximum Gasteiger partial charge on any atom is 0.262 e. The number of nitrogens with zero attached hydrogens (tertiary/aromatic N) is 1. The summed E-state index contributed by atoms with van der Waals surface area (Å²) in [6.07, 6.45) is 0. The Hall–Kier alpha value is -3.35. The number of hydrogen-bond donors (Lipinski definition) is 1. The molecule has 132 valence electrons. The molecular weight excluding hydrogens is 339 g/mol. The first kappa shape index (κ1) is 17.5. The summed E-state index contributed by atoms with van der Waals surface area (Å²) in [6.45, 7) is 1.09. The number of Topliss-reactive ketones (excluding diaryl/α,β-unsaturated/α-hetero) is 1. The highest BCUT2D eigenvalue weighted by Gasteiger charge is 2.40. The molecule has 1 N–H and O–H groups in total. The number of rotatable bonds is 5. The molecule has 0 radical (unpaired) electrons. The number of hydrogen-bond acceptors (Lipinski definition) is 4. The molecule has 0 fully saturated rings. The number of halogens is 1. The van der Waals surface area contributed by atoms with E-state index in [2.05, 4.69) is 5.32 Å². The van der Waals surface area contributed by atoms with Crippen molar-refractivity contribution in [2.45, 2.75) is 13.0 Å². The topological polar surface area (TPSA) is 83.6 Å². The predicted molar refractivity (Wildman–Crippen MR) is 90.1 cm³/mol. The smallest absolute Gasteiger partial charge is 0.262 e. The number of benzene rings is 2. The molecular formula is C19H15FN2O4. The van der Waals surface area contributed by atoms with Crippen LogP contribution in [0.3, 0.4) is 0 Å². The molecule has 6 nitrogen and oxygen atoms in total. The van der Waals surface area contributed by atoms with Crippen LogP contribution >= 0.6 is 0 Å². The molecule has 2 aromatic carbocycles. The maximum absolute atomic E-state index is 12.9. The Morgan fingerprint density at radius 1 is 1.00 bits per heavy atom. The molecule has 26 heavy (non-hydrogen) atoms. The minimum Gasteiger partial charge on any atom is -0.347 e. The van der Waals surface area contributed by atoms with Gasteiger partial charge in [-0.3, -0.25) is 24.1 Å². The number of imide groups is 1. The molecule has 7 heteroatoms. The van der Waals surface area contributed by atoms with Gasteiger partial charge in [0.05, 0.1) is 17.7 Å². The Morgan fingerprint density at radius 3 is 2.08 bits per heavy atom. The van der Waals surface area contributed by atoms with E-state index in [-0.39, 0.29) is 23.2 Å². The zero-order valence-corrected chi connectivity index (χ0v) is 13.9. The van der Waals surface area contributed by atoms with Gasteiger partial charge in [-0.15, -0.1) is 0 Å². The summed E-state index contributed by atoms with van der Waals surface area (Å²) in [6, 6.07) is 10.2. The summed E-state index contributed by atoms with van der Waals surface area (Å²) in [5, 5.41) is 2.41. The van der Waals surface area contributed by atoms with Crippen LogP contribution in [0.5, 0.6) is 0 Å². The van der Waals surface area contributed by atoms with Gasteiger partial charge in [0, 0.05) is 5.56 Å². The van der Waals surface area contributed by atoms with Gasteiger partial charge in [0.2, 0.25) is 5.91 Å². The van der Waals surface area contributed by atoms with Crippen molar-refractivity contribution in [1.82, 2.24) is 10.2 Å². The number of fused-ring (bicyclic) bond motifs is 1. The Balaban J connectivity index is 1.65. The highest BCUT2D eigenvalue weighted by Crippen LogP contribution is 2.24. The standard InChI is InChI=1S/C19H15FN2O4/c1-11(22-18(25)14-4-2-3-5-15(14)19(22)26)17(24)21-10-16(23)12-6-8-13(20)9-7-12/h2-9,11H,10H2,1H3,(H,21,24). The van der Waals surface area contributed by atoms with Crippen LogP contribution < -0.4 is 5.32 Å². The van der Waals surface area contributed by atoms with E-state index in [0.717, 1.165) is 17.0 Å². The summed E-state index contributed by atoms with van der Waals surface area (Å²) in [4.78, 5) is 49.9. The fraction of sp³-hybridized carbons (Fsp3) is 0.158. The van der Waals surface area contributed by atoms with Crippen molar-refractivity contribution in [3.63, 3.8) is 0 Å². The number of amides is 3. The van der Waals surface area contributed by atoms with Crippen LogP contribution in [-0.4, -0.2) is 41.0 Å². The third kappa shape index (κ3) is 3.11. The molecule has 1 aliphatic rings. The fourth-order valence-corrected chi connectivity index (χ4v) is 2.73. The van der Waals surface area contributed by atoms with Gasteiger partial charge in [-0.2, -0.15) is 0 Å². The molecule has 1 atom stereocenters. The number of carbonyl (C=O) groups excluding carboxylic acids is 4. The van der Waals surface area contributed by atoms with E-state index in [1.165, 1.54) is 31.2 Å². The van der Waals surface area contributed by atoms with E-state index in [9.17, 15) is 23.6 Å². The summed E-state index contributed by atoms with van der Waals surface area (Å²) in [5.74, 6) is -2.59. The van der Waals surface area contributed by atoms with E-state index in [1.807, 2.05) is 0 Å². The third-order valence-corrected chi connectivity index (χ3v) is 4.18. The second-order valence-corrected chi connectivity index (χ2v) is 5.85. The molecule has 0 saturated carbocycles. The van der Waals surface area contributed by atoms with E-state index < -0.39 is 35.4 Å². The Labute approximate surface area is 148 Å². The Bertz CT molecular complexity index is 873. The van der Waals surface area contributed by atoms with Crippen LogP contribution in [0, 0.1) is 5.82 Å². The van der Waals surface area contributed by atoms with Crippen molar-refractivity contribution in [3.05, 3.63) is 71.0 Å². The molecule has 0 aromatic heterocycles. The molecule has 0 spiro atoms. The quantitative estimate of drug-likeness (QED) is 0.656. The first-order valence-electron chi connectivity index (χ1n) is 7.93. The lowest BCUT2D eigenvalue weighted by Crippen LogP contribution is -2.48. The maximum atomic E-state index is 12.9. The highest BCUT2D eigenvalue weighted by molar-refractivity contribution is 6.22. The second-order valence-electron chi connectivity index (χ2n) is 5.85. The van der Waals surface area contributed by atoms with E-state index >= 15 is 0 Å². The van der Waals surface area contributed by atoms with Crippen molar-refractivity contribution in [2.75, 3.05) is 6.54 Å². The molecule has 2 aromatic rings. The highest BCUT2D eigenvalue weighted by atomic mass is 19.1. The van der Waals surface area contributed by atoms with Crippen molar-refractivity contribution in [3.8, 4) is 0 Å². The number of carbonyl (C=O) groups is 4. The van der Waals surface area contributed by atoms with Crippen molar-refractivity contribution in [2.24, 2.45) is 0 Å². The van der Waals surface area contributed by atoms with E-state index in [4.69, 9.17) is 0 Å². The predicted octanol–water partition coefficient (Wildman–Crippen LogP) is 1.81. The zero-order valence-electron chi connectivity index (χ0n) is 13.9. The molecule has 1 unspecified atom stereocenters. The molecule has 1 aliphatic heterocycles. The van der Waals surface area contributed by atoms with Gasteiger partial charge in [0.15, 0.2) is 5.78 Å². The van der Waals surface area contributed by atoms with Gasteiger partial charge in [-0.1, -0.05) is 12.1 Å². The molecule has 0 bridgehead atoms. The minimum absolute atomic E-state index is 0.250. The Morgan fingerprint density at radius 2 is 1.54 bits per heavy atom. The molecule has 3 rings (SSSR count). The van der Waals surface area contributed by atoms with Crippen LogP contribution in [-0.2, 0) is 4.79 Å². The van der Waals surface area contributed by atoms with E-state index in [0.29, 0.717) is 0 Å². The number of ketones is 1. The molecule has 3 amide bonds. The average Bonchev–Trinajstić information content (AvgIpc) is 2.90. The van der Waals surface area contributed by atoms with E-state index in [1.54, 1.807) is 12.1 Å². The normalized spacial score (nSPS) is 14.2. The van der Waals surface area contributed by atoms with Gasteiger partial charge >= 0.3 is 0 Å². The molecule has 0 saturated heterocycles. The monoisotopic (exact) mass is 354 g/mol. The van der Waals surface area contributed by atoms with Crippen LogP contribution in [0.1, 0.15) is 38.0 Å². The van der Waals surface area contributed by atoms with Gasteiger partial charge in [-0.05, 0) is 43.3 Å². The van der Waals surface area contributed by atoms with Crippen LogP contribution in [0.4, 0.5) is 4.39 Å². The van der Waals surface area contributed by atoms with Gasteiger partial charge in [0.1, 0.15) is 11.9 Å². The summed E-state index contributed by atoms with van der Waals surface area (Å²) in [5.41, 5.74) is 0.749.